The molecule has 6 heteroatoms. The molecule has 1 saturated carbocycles. The standard InChI is InChI=1S/C18H21N3O.C16H22N2/c1-4-8-22-17-7-6-14(9-13(17)5-2)15-10-16-18(19-11-15)21-12(3)20-16;1-13(18-12-17)14-8-10-16(2,11-9-14)15-6-4-3-5-7-15/h6-7,9-11H,4-5,8H2,1-3H3,(H,19,20,21);3-7,12H,8-11H2,1-2H3,(H2,17,18). The van der Waals surface area contributed by atoms with Gasteiger partial charge in [-0.05, 0) is 98.2 Å². The van der Waals surface area contributed by atoms with Crippen molar-refractivity contribution in [1.29, 1.82) is 0 Å². The lowest BCUT2D eigenvalue weighted by Gasteiger charge is -2.35. The van der Waals surface area contributed by atoms with Crippen molar-refractivity contribution in [3.63, 3.8) is 0 Å². The molecule has 0 radical (unpaired) electrons. The number of allylic oxidation sites excluding steroid dienone is 2. The lowest BCUT2D eigenvalue weighted by Crippen LogP contribution is -2.26. The summed E-state index contributed by atoms with van der Waals surface area (Å²) in [4.78, 5) is 16.2. The van der Waals surface area contributed by atoms with E-state index in [1.807, 2.05) is 13.1 Å². The Kier molecular flexibility index (Phi) is 9.75. The number of pyridine rings is 1. The van der Waals surface area contributed by atoms with Crippen LogP contribution in [0.3, 0.4) is 0 Å². The van der Waals surface area contributed by atoms with Crippen LogP contribution >= 0.6 is 0 Å². The maximum Gasteiger partial charge on any atom is 0.177 e. The van der Waals surface area contributed by atoms with Gasteiger partial charge in [-0.15, -0.1) is 0 Å². The highest BCUT2D eigenvalue weighted by atomic mass is 16.5. The molecule has 3 N–H and O–H groups in total. The smallest absolute Gasteiger partial charge is 0.177 e. The minimum atomic E-state index is 0.317. The molecule has 0 spiro atoms. The minimum Gasteiger partial charge on any atom is -0.493 e. The van der Waals surface area contributed by atoms with E-state index < -0.39 is 0 Å². The fraction of sp³-hybridized carbons (Fsp3) is 0.382. The van der Waals surface area contributed by atoms with E-state index >= 15 is 0 Å². The summed E-state index contributed by atoms with van der Waals surface area (Å²) in [6, 6.07) is 19.3. The molecule has 1 aliphatic carbocycles. The van der Waals surface area contributed by atoms with Gasteiger partial charge in [-0.25, -0.2) is 15.0 Å². The van der Waals surface area contributed by atoms with E-state index in [1.54, 1.807) is 0 Å². The van der Waals surface area contributed by atoms with Crippen LogP contribution in [0.15, 0.2) is 77.1 Å². The van der Waals surface area contributed by atoms with Gasteiger partial charge in [-0.2, -0.15) is 0 Å². The summed E-state index contributed by atoms with van der Waals surface area (Å²) < 4.78 is 5.81. The number of aliphatic imine (C=N–C) groups is 1. The molecule has 1 aliphatic rings. The summed E-state index contributed by atoms with van der Waals surface area (Å²) in [5.74, 6) is 1.87. The van der Waals surface area contributed by atoms with Crippen molar-refractivity contribution in [2.45, 2.75) is 78.6 Å². The molecule has 0 aliphatic heterocycles. The van der Waals surface area contributed by atoms with Crippen LogP contribution < -0.4 is 10.5 Å². The number of nitrogens with two attached hydrogens (primary N) is 1. The molecule has 210 valence electrons. The van der Waals surface area contributed by atoms with Crippen LogP contribution in [-0.4, -0.2) is 27.9 Å². The topological polar surface area (TPSA) is 89.2 Å². The number of aromatic nitrogens is 3. The van der Waals surface area contributed by atoms with E-state index in [-0.39, 0.29) is 0 Å². The van der Waals surface area contributed by atoms with Gasteiger partial charge in [0, 0.05) is 17.5 Å². The number of hydrogen-bond donors (Lipinski definition) is 2. The Labute approximate surface area is 238 Å². The number of fused-ring (bicyclic) bond motifs is 1. The molecule has 2 heterocycles. The first kappa shape index (κ1) is 29.1. The van der Waals surface area contributed by atoms with Gasteiger partial charge in [-0.3, -0.25) is 0 Å². The summed E-state index contributed by atoms with van der Waals surface area (Å²) in [6.07, 6.45) is 9.91. The molecule has 40 heavy (non-hydrogen) atoms. The fourth-order valence-corrected chi connectivity index (χ4v) is 5.36. The number of aryl methyl sites for hydroxylation is 2. The van der Waals surface area contributed by atoms with Crippen molar-refractivity contribution in [2.24, 2.45) is 10.7 Å². The van der Waals surface area contributed by atoms with E-state index in [9.17, 15) is 0 Å². The molecule has 0 unspecified atom stereocenters. The number of ether oxygens (including phenoxy) is 1. The van der Waals surface area contributed by atoms with Gasteiger partial charge in [-0.1, -0.05) is 57.2 Å². The van der Waals surface area contributed by atoms with Crippen molar-refractivity contribution < 1.29 is 4.74 Å². The van der Waals surface area contributed by atoms with Crippen molar-refractivity contribution >= 4 is 17.5 Å². The molecule has 2 aromatic heterocycles. The van der Waals surface area contributed by atoms with E-state index in [1.165, 1.54) is 35.9 Å². The number of benzene rings is 2. The van der Waals surface area contributed by atoms with E-state index in [0.717, 1.165) is 71.9 Å². The average molecular weight is 538 g/mol. The molecule has 5 rings (SSSR count). The molecule has 2 aromatic carbocycles. The molecule has 6 nitrogen and oxygen atoms in total. The number of aromatic amines is 1. The second-order valence-electron chi connectivity index (χ2n) is 10.8. The monoisotopic (exact) mass is 537 g/mol. The Morgan fingerprint density at radius 2 is 1.82 bits per heavy atom. The van der Waals surface area contributed by atoms with Crippen LogP contribution in [-0.2, 0) is 11.8 Å². The molecular weight excluding hydrogens is 494 g/mol. The van der Waals surface area contributed by atoms with Crippen LogP contribution in [0.25, 0.3) is 22.3 Å². The first-order valence-corrected chi connectivity index (χ1v) is 14.4. The van der Waals surface area contributed by atoms with Crippen molar-refractivity contribution in [3.05, 3.63) is 89.0 Å². The quantitative estimate of drug-likeness (QED) is 0.184. The maximum atomic E-state index is 5.81. The summed E-state index contributed by atoms with van der Waals surface area (Å²) in [7, 11) is 0. The number of nitrogens with zero attached hydrogens (tertiary/aromatic N) is 3. The predicted molar refractivity (Wildman–Crippen MR) is 167 cm³/mol. The molecule has 0 saturated heterocycles. The lowest BCUT2D eigenvalue weighted by molar-refractivity contribution is 0.314. The Bertz CT molecular complexity index is 1460. The Hall–Kier alpha value is -3.93. The minimum absolute atomic E-state index is 0.317. The molecule has 0 amide bonds. The van der Waals surface area contributed by atoms with Crippen LogP contribution in [0.5, 0.6) is 5.75 Å². The highest BCUT2D eigenvalue weighted by Gasteiger charge is 2.30. The molecule has 1 fully saturated rings. The molecule has 0 bridgehead atoms. The van der Waals surface area contributed by atoms with Crippen LogP contribution in [0.2, 0.25) is 0 Å². The number of imidazole rings is 1. The normalized spacial score (nSPS) is 17.1. The molecule has 4 aromatic rings. The van der Waals surface area contributed by atoms with Crippen molar-refractivity contribution in [1.82, 2.24) is 15.0 Å². The van der Waals surface area contributed by atoms with Gasteiger partial charge in [0.25, 0.3) is 0 Å². The number of nitrogens with one attached hydrogen (secondary N) is 1. The lowest BCUT2D eigenvalue weighted by atomic mass is 9.69. The average Bonchev–Trinajstić information content (AvgIpc) is 3.36. The number of rotatable bonds is 7. The summed E-state index contributed by atoms with van der Waals surface area (Å²) in [5, 5.41) is 0. The third-order valence-electron chi connectivity index (χ3n) is 7.90. The van der Waals surface area contributed by atoms with Gasteiger partial charge < -0.3 is 15.5 Å². The largest absolute Gasteiger partial charge is 0.493 e. The number of H-pyrrole nitrogens is 1. The highest BCUT2D eigenvalue weighted by molar-refractivity contribution is 5.78. The van der Waals surface area contributed by atoms with Crippen molar-refractivity contribution in [3.8, 4) is 16.9 Å². The molecule has 0 atom stereocenters. The van der Waals surface area contributed by atoms with E-state index in [4.69, 9.17) is 10.5 Å². The first-order valence-electron chi connectivity index (χ1n) is 14.4. The van der Waals surface area contributed by atoms with E-state index in [2.05, 4.69) is 102 Å². The maximum absolute atomic E-state index is 5.81. The Morgan fingerprint density at radius 1 is 1.07 bits per heavy atom. The van der Waals surface area contributed by atoms with Crippen molar-refractivity contribution in [2.75, 3.05) is 6.61 Å². The zero-order valence-electron chi connectivity index (χ0n) is 24.6. The summed E-state index contributed by atoms with van der Waals surface area (Å²) >= 11 is 0. The predicted octanol–water partition coefficient (Wildman–Crippen LogP) is 8.06. The van der Waals surface area contributed by atoms with Gasteiger partial charge in [0.05, 0.1) is 18.5 Å². The second-order valence-corrected chi connectivity index (χ2v) is 10.8. The molecular formula is C34H43N5O. The summed E-state index contributed by atoms with van der Waals surface area (Å²) in [6.45, 7) is 11.4. The van der Waals surface area contributed by atoms with Gasteiger partial charge in [0.15, 0.2) is 5.65 Å². The number of hydrogen-bond acceptors (Lipinski definition) is 4. The zero-order chi connectivity index (χ0) is 28.5. The summed E-state index contributed by atoms with van der Waals surface area (Å²) in [5.41, 5.74) is 14.9. The Morgan fingerprint density at radius 3 is 2.50 bits per heavy atom. The second kappa shape index (κ2) is 13.4. The van der Waals surface area contributed by atoms with Crippen LogP contribution in [0.1, 0.15) is 76.8 Å². The van der Waals surface area contributed by atoms with Gasteiger partial charge >= 0.3 is 0 Å². The highest BCUT2D eigenvalue weighted by Crippen LogP contribution is 2.41. The first-order chi connectivity index (χ1) is 19.4. The van der Waals surface area contributed by atoms with Crippen LogP contribution in [0.4, 0.5) is 0 Å². The zero-order valence-corrected chi connectivity index (χ0v) is 24.6. The Balaban J connectivity index is 0.000000189. The third kappa shape index (κ3) is 6.98. The van der Waals surface area contributed by atoms with Crippen LogP contribution in [0, 0.1) is 6.92 Å². The SMILES string of the molecule is CC(N=CN)=C1CCC(C)(c2ccccc2)CC1.CCCOc1ccc(-c2cnc3nc(C)[nH]c3c2)cc1CC. The van der Waals surface area contributed by atoms with E-state index in [0.29, 0.717) is 5.41 Å². The van der Waals surface area contributed by atoms with Gasteiger partial charge in [0.2, 0.25) is 0 Å². The van der Waals surface area contributed by atoms with Gasteiger partial charge in [0.1, 0.15) is 11.6 Å². The third-order valence-corrected chi connectivity index (χ3v) is 7.90. The fourth-order valence-electron chi connectivity index (χ4n) is 5.36.